The lowest BCUT2D eigenvalue weighted by Crippen LogP contribution is -2.43. The number of nitrogens with one attached hydrogen (secondary N) is 1. The fourth-order valence-corrected chi connectivity index (χ4v) is 2.11. The quantitative estimate of drug-likeness (QED) is 0.851. The fourth-order valence-electron chi connectivity index (χ4n) is 2.11. The van der Waals surface area contributed by atoms with Crippen LogP contribution in [-0.4, -0.2) is 41.1 Å². The van der Waals surface area contributed by atoms with Gasteiger partial charge in [-0.2, -0.15) is 0 Å². The maximum Gasteiger partial charge on any atom is 0.168 e. The zero-order valence-electron chi connectivity index (χ0n) is 11.7. The van der Waals surface area contributed by atoms with Gasteiger partial charge < -0.3 is 19.9 Å². The van der Waals surface area contributed by atoms with Crippen molar-refractivity contribution in [1.29, 1.82) is 0 Å². The number of pyridine rings is 1. The number of rotatable bonds is 5. The Hall–Kier alpha value is -1.33. The number of anilines is 1. The molecule has 1 saturated heterocycles. The second-order valence-electron chi connectivity index (χ2n) is 5.24. The summed E-state index contributed by atoms with van der Waals surface area (Å²) in [7, 11) is 0. The SMILES string of the molecule is CC(C)Oc1cccnc1NCC1(O)CCOC1C. The molecule has 1 aliphatic heterocycles. The molecule has 19 heavy (non-hydrogen) atoms. The van der Waals surface area contributed by atoms with Crippen molar-refractivity contribution < 1.29 is 14.6 Å². The summed E-state index contributed by atoms with van der Waals surface area (Å²) in [5.41, 5.74) is -0.841. The molecule has 2 N–H and O–H groups in total. The molecule has 1 aromatic rings. The number of hydrogen-bond donors (Lipinski definition) is 2. The minimum absolute atomic E-state index is 0.0848. The van der Waals surface area contributed by atoms with Gasteiger partial charge in [0.05, 0.1) is 12.2 Å². The monoisotopic (exact) mass is 266 g/mol. The van der Waals surface area contributed by atoms with Gasteiger partial charge in [-0.3, -0.25) is 0 Å². The number of aliphatic hydroxyl groups is 1. The normalized spacial score (nSPS) is 26.7. The van der Waals surface area contributed by atoms with E-state index in [1.54, 1.807) is 6.20 Å². The predicted octanol–water partition coefficient (Wildman–Crippen LogP) is 1.82. The summed E-state index contributed by atoms with van der Waals surface area (Å²) in [5, 5.41) is 13.6. The fraction of sp³-hybridized carbons (Fsp3) is 0.643. The number of aromatic nitrogens is 1. The van der Waals surface area contributed by atoms with Crippen molar-refractivity contribution in [2.75, 3.05) is 18.5 Å². The Bertz CT molecular complexity index is 425. The van der Waals surface area contributed by atoms with E-state index in [4.69, 9.17) is 9.47 Å². The van der Waals surface area contributed by atoms with Crippen LogP contribution in [0.25, 0.3) is 0 Å². The molecule has 1 aromatic heterocycles. The van der Waals surface area contributed by atoms with E-state index in [-0.39, 0.29) is 12.2 Å². The molecule has 1 aliphatic rings. The minimum Gasteiger partial charge on any atom is -0.487 e. The predicted molar refractivity (Wildman–Crippen MR) is 73.5 cm³/mol. The van der Waals surface area contributed by atoms with Gasteiger partial charge in [-0.1, -0.05) is 0 Å². The molecule has 2 atom stereocenters. The third kappa shape index (κ3) is 3.36. The molecule has 2 rings (SSSR count). The van der Waals surface area contributed by atoms with Crippen LogP contribution in [0.4, 0.5) is 5.82 Å². The number of ether oxygens (including phenoxy) is 2. The second kappa shape index (κ2) is 5.75. The molecule has 106 valence electrons. The largest absolute Gasteiger partial charge is 0.487 e. The second-order valence-corrected chi connectivity index (χ2v) is 5.24. The molecule has 1 fully saturated rings. The van der Waals surface area contributed by atoms with Crippen LogP contribution >= 0.6 is 0 Å². The smallest absolute Gasteiger partial charge is 0.168 e. The van der Waals surface area contributed by atoms with E-state index < -0.39 is 5.60 Å². The summed E-state index contributed by atoms with van der Waals surface area (Å²) >= 11 is 0. The number of nitrogens with zero attached hydrogens (tertiary/aromatic N) is 1. The lowest BCUT2D eigenvalue weighted by Gasteiger charge is -2.27. The summed E-state index contributed by atoms with van der Waals surface area (Å²) in [6, 6.07) is 3.70. The Morgan fingerprint density at radius 3 is 3.05 bits per heavy atom. The summed E-state index contributed by atoms with van der Waals surface area (Å²) in [6.07, 6.45) is 2.25. The van der Waals surface area contributed by atoms with Crippen LogP contribution in [0, 0.1) is 0 Å². The lowest BCUT2D eigenvalue weighted by molar-refractivity contribution is -0.0176. The van der Waals surface area contributed by atoms with E-state index in [0.717, 1.165) is 0 Å². The Balaban J connectivity index is 2.03. The van der Waals surface area contributed by atoms with Gasteiger partial charge in [0.2, 0.25) is 0 Å². The molecule has 5 nitrogen and oxygen atoms in total. The van der Waals surface area contributed by atoms with Gasteiger partial charge in [0, 0.05) is 25.8 Å². The van der Waals surface area contributed by atoms with Crippen LogP contribution in [0.1, 0.15) is 27.2 Å². The summed E-state index contributed by atoms with van der Waals surface area (Å²) in [5.74, 6) is 1.36. The average molecular weight is 266 g/mol. The average Bonchev–Trinajstić information content (AvgIpc) is 2.68. The molecule has 0 spiro atoms. The van der Waals surface area contributed by atoms with Crippen molar-refractivity contribution in [3.63, 3.8) is 0 Å². The molecule has 0 bridgehead atoms. The zero-order chi connectivity index (χ0) is 13.9. The van der Waals surface area contributed by atoms with E-state index in [1.807, 2.05) is 32.9 Å². The summed E-state index contributed by atoms with van der Waals surface area (Å²) in [6.45, 7) is 6.82. The van der Waals surface area contributed by atoms with Crippen molar-refractivity contribution in [3.8, 4) is 5.75 Å². The van der Waals surface area contributed by atoms with Crippen LogP contribution in [-0.2, 0) is 4.74 Å². The van der Waals surface area contributed by atoms with Crippen molar-refractivity contribution in [3.05, 3.63) is 18.3 Å². The van der Waals surface area contributed by atoms with Crippen molar-refractivity contribution >= 4 is 5.82 Å². The van der Waals surface area contributed by atoms with Gasteiger partial charge in [0.1, 0.15) is 5.60 Å². The lowest BCUT2D eigenvalue weighted by atomic mass is 9.97. The molecule has 0 aromatic carbocycles. The molecular formula is C14H22N2O3. The molecule has 5 heteroatoms. The van der Waals surface area contributed by atoms with Crippen LogP contribution in [0.5, 0.6) is 5.75 Å². The first kappa shape index (κ1) is 14.1. The first-order valence-electron chi connectivity index (χ1n) is 6.71. The van der Waals surface area contributed by atoms with Gasteiger partial charge in [0.25, 0.3) is 0 Å². The van der Waals surface area contributed by atoms with Gasteiger partial charge >= 0.3 is 0 Å². The first-order valence-corrected chi connectivity index (χ1v) is 6.71. The Labute approximate surface area is 114 Å². The van der Waals surface area contributed by atoms with Gasteiger partial charge in [-0.15, -0.1) is 0 Å². The van der Waals surface area contributed by atoms with Crippen LogP contribution in [0.2, 0.25) is 0 Å². The molecule has 2 unspecified atom stereocenters. The van der Waals surface area contributed by atoms with E-state index in [9.17, 15) is 5.11 Å². The summed E-state index contributed by atoms with van der Waals surface area (Å²) in [4.78, 5) is 4.26. The van der Waals surface area contributed by atoms with Gasteiger partial charge in [-0.05, 0) is 32.9 Å². The Kier molecular flexibility index (Phi) is 4.27. The third-order valence-corrected chi connectivity index (χ3v) is 3.35. The highest BCUT2D eigenvalue weighted by Crippen LogP contribution is 2.28. The first-order chi connectivity index (χ1) is 9.01. The third-order valence-electron chi connectivity index (χ3n) is 3.35. The molecule has 0 amide bonds. The standard InChI is InChI=1S/C14H22N2O3/c1-10(2)19-12-5-4-7-15-13(12)16-9-14(17)6-8-18-11(14)3/h4-5,7,10-11,17H,6,8-9H2,1-3H3,(H,15,16). The molecular weight excluding hydrogens is 244 g/mol. The molecule has 0 radical (unpaired) electrons. The van der Waals surface area contributed by atoms with Crippen LogP contribution in [0.3, 0.4) is 0 Å². The molecule has 0 saturated carbocycles. The Morgan fingerprint density at radius 1 is 1.63 bits per heavy atom. The maximum absolute atomic E-state index is 10.4. The topological polar surface area (TPSA) is 63.6 Å². The highest BCUT2D eigenvalue weighted by molar-refractivity contribution is 5.49. The molecule has 2 heterocycles. The van der Waals surface area contributed by atoms with Gasteiger partial charge in [-0.25, -0.2) is 4.98 Å². The number of hydrogen-bond acceptors (Lipinski definition) is 5. The van der Waals surface area contributed by atoms with E-state index >= 15 is 0 Å². The van der Waals surface area contributed by atoms with Crippen molar-refractivity contribution in [2.45, 2.75) is 45.0 Å². The zero-order valence-corrected chi connectivity index (χ0v) is 11.7. The van der Waals surface area contributed by atoms with E-state index in [2.05, 4.69) is 10.3 Å². The van der Waals surface area contributed by atoms with Crippen molar-refractivity contribution in [2.24, 2.45) is 0 Å². The highest BCUT2D eigenvalue weighted by Gasteiger charge is 2.39. The minimum atomic E-state index is -0.841. The van der Waals surface area contributed by atoms with E-state index in [1.165, 1.54) is 0 Å². The van der Waals surface area contributed by atoms with Crippen LogP contribution < -0.4 is 10.1 Å². The molecule has 0 aliphatic carbocycles. The van der Waals surface area contributed by atoms with E-state index in [0.29, 0.717) is 31.1 Å². The van der Waals surface area contributed by atoms with Gasteiger partial charge in [0.15, 0.2) is 11.6 Å². The highest BCUT2D eigenvalue weighted by atomic mass is 16.5. The summed E-state index contributed by atoms with van der Waals surface area (Å²) < 4.78 is 11.1. The van der Waals surface area contributed by atoms with Crippen molar-refractivity contribution in [1.82, 2.24) is 4.98 Å². The Morgan fingerprint density at radius 2 is 2.42 bits per heavy atom. The maximum atomic E-state index is 10.4. The van der Waals surface area contributed by atoms with Crippen LogP contribution in [0.15, 0.2) is 18.3 Å².